The summed E-state index contributed by atoms with van der Waals surface area (Å²) in [4.78, 5) is 25.4. The van der Waals surface area contributed by atoms with E-state index in [1.54, 1.807) is 0 Å². The molecule has 0 unspecified atom stereocenters. The van der Waals surface area contributed by atoms with Crippen molar-refractivity contribution in [2.24, 2.45) is 17.8 Å². The van der Waals surface area contributed by atoms with Crippen LogP contribution >= 0.6 is 0 Å². The molecule has 102 valence electrons. The van der Waals surface area contributed by atoms with Crippen molar-refractivity contribution in [2.45, 2.75) is 52.0 Å². The highest BCUT2D eigenvalue weighted by atomic mass is 16.4. The summed E-state index contributed by atoms with van der Waals surface area (Å²) in [6.45, 7) is 5.06. The summed E-state index contributed by atoms with van der Waals surface area (Å²) in [6.07, 6.45) is 4.18. The van der Waals surface area contributed by atoms with Gasteiger partial charge in [0.1, 0.15) is 0 Å². The number of carboxylic acid groups (broad SMARTS) is 1. The summed E-state index contributed by atoms with van der Waals surface area (Å²) < 4.78 is 0. The van der Waals surface area contributed by atoms with Gasteiger partial charge in [-0.1, -0.05) is 13.8 Å². The topological polar surface area (TPSA) is 57.6 Å². The number of carbonyl (C=O) groups excluding carboxylic acids is 1. The quantitative estimate of drug-likeness (QED) is 0.816. The summed E-state index contributed by atoms with van der Waals surface area (Å²) in [6, 6.07) is 0.434. The van der Waals surface area contributed by atoms with Crippen LogP contribution in [0.3, 0.4) is 0 Å². The van der Waals surface area contributed by atoms with Gasteiger partial charge in [0, 0.05) is 18.5 Å². The van der Waals surface area contributed by atoms with Gasteiger partial charge in [0.05, 0.1) is 5.92 Å². The van der Waals surface area contributed by atoms with Crippen molar-refractivity contribution in [1.82, 2.24) is 4.90 Å². The number of hydrogen-bond acceptors (Lipinski definition) is 2. The first-order chi connectivity index (χ1) is 8.49. The zero-order valence-electron chi connectivity index (χ0n) is 11.3. The lowest BCUT2D eigenvalue weighted by Gasteiger charge is -2.27. The van der Waals surface area contributed by atoms with Crippen molar-refractivity contribution in [1.29, 1.82) is 0 Å². The van der Waals surface area contributed by atoms with Gasteiger partial charge < -0.3 is 10.0 Å². The highest BCUT2D eigenvalue weighted by Gasteiger charge is 2.40. The van der Waals surface area contributed by atoms with Crippen LogP contribution in [0.1, 0.15) is 46.0 Å². The van der Waals surface area contributed by atoms with Gasteiger partial charge in [0.2, 0.25) is 5.91 Å². The first-order valence-corrected chi connectivity index (χ1v) is 7.02. The van der Waals surface area contributed by atoms with E-state index in [0.717, 1.165) is 25.8 Å². The van der Waals surface area contributed by atoms with E-state index in [9.17, 15) is 9.59 Å². The third kappa shape index (κ3) is 3.03. The fraction of sp³-hybridized carbons (Fsp3) is 0.857. The molecule has 1 N–H and O–H groups in total. The summed E-state index contributed by atoms with van der Waals surface area (Å²) in [5.74, 6) is -0.419. The number of carboxylic acids is 1. The molecule has 2 saturated carbocycles. The molecule has 0 saturated heterocycles. The van der Waals surface area contributed by atoms with Crippen LogP contribution in [0, 0.1) is 17.8 Å². The second-order valence-corrected chi connectivity index (χ2v) is 6.16. The van der Waals surface area contributed by atoms with E-state index < -0.39 is 5.97 Å². The average Bonchev–Trinajstić information content (AvgIpc) is 3.00. The Labute approximate surface area is 108 Å². The molecule has 0 aromatic heterocycles. The summed E-state index contributed by atoms with van der Waals surface area (Å²) in [5, 5.41) is 8.99. The van der Waals surface area contributed by atoms with Crippen molar-refractivity contribution < 1.29 is 14.7 Å². The molecule has 0 aromatic carbocycles. The summed E-state index contributed by atoms with van der Waals surface area (Å²) in [7, 11) is 0. The van der Waals surface area contributed by atoms with Gasteiger partial charge >= 0.3 is 5.97 Å². The van der Waals surface area contributed by atoms with Crippen LogP contribution in [0.15, 0.2) is 0 Å². The fourth-order valence-electron chi connectivity index (χ4n) is 2.86. The second-order valence-electron chi connectivity index (χ2n) is 6.16. The Morgan fingerprint density at radius 2 is 1.78 bits per heavy atom. The van der Waals surface area contributed by atoms with E-state index in [1.165, 1.54) is 0 Å². The normalized spacial score (nSPS) is 27.5. The fourth-order valence-corrected chi connectivity index (χ4v) is 2.86. The van der Waals surface area contributed by atoms with E-state index in [2.05, 4.69) is 13.8 Å². The molecule has 0 bridgehead atoms. The largest absolute Gasteiger partial charge is 0.481 e. The highest BCUT2D eigenvalue weighted by Crippen LogP contribution is 2.36. The summed E-state index contributed by atoms with van der Waals surface area (Å²) >= 11 is 0. The third-order valence-corrected chi connectivity index (χ3v) is 3.96. The monoisotopic (exact) mass is 253 g/mol. The van der Waals surface area contributed by atoms with Crippen LogP contribution in [-0.4, -0.2) is 34.5 Å². The van der Waals surface area contributed by atoms with Gasteiger partial charge in [-0.05, 0) is 38.0 Å². The zero-order valence-corrected chi connectivity index (χ0v) is 11.3. The van der Waals surface area contributed by atoms with Crippen LogP contribution < -0.4 is 0 Å². The average molecular weight is 253 g/mol. The van der Waals surface area contributed by atoms with Crippen molar-refractivity contribution >= 4 is 11.9 Å². The Hall–Kier alpha value is -1.06. The van der Waals surface area contributed by atoms with Gasteiger partial charge in [0.25, 0.3) is 0 Å². The smallest absolute Gasteiger partial charge is 0.306 e. The number of aliphatic carboxylic acids is 1. The Balaban J connectivity index is 1.94. The van der Waals surface area contributed by atoms with Crippen molar-refractivity contribution in [3.05, 3.63) is 0 Å². The molecule has 2 atom stereocenters. The molecule has 0 aromatic rings. The van der Waals surface area contributed by atoms with E-state index >= 15 is 0 Å². The summed E-state index contributed by atoms with van der Waals surface area (Å²) in [5.41, 5.74) is 0. The first-order valence-electron chi connectivity index (χ1n) is 7.02. The van der Waals surface area contributed by atoms with Crippen molar-refractivity contribution in [3.63, 3.8) is 0 Å². The lowest BCUT2D eigenvalue weighted by atomic mass is 10.0. The number of hydrogen-bond donors (Lipinski definition) is 1. The van der Waals surface area contributed by atoms with Gasteiger partial charge in [0.15, 0.2) is 0 Å². The molecular formula is C14H23NO3. The molecule has 0 aliphatic heterocycles. The molecule has 4 heteroatoms. The molecule has 2 aliphatic rings. The van der Waals surface area contributed by atoms with E-state index in [0.29, 0.717) is 24.8 Å². The van der Waals surface area contributed by atoms with Gasteiger partial charge in [-0.2, -0.15) is 0 Å². The molecule has 4 nitrogen and oxygen atoms in total. The Bertz CT molecular complexity index is 336. The van der Waals surface area contributed by atoms with Crippen LogP contribution in [0.4, 0.5) is 0 Å². The minimum atomic E-state index is -0.743. The van der Waals surface area contributed by atoms with Gasteiger partial charge in [-0.25, -0.2) is 0 Å². The molecule has 2 fully saturated rings. The third-order valence-electron chi connectivity index (χ3n) is 3.96. The predicted octanol–water partition coefficient (Wildman–Crippen LogP) is 2.13. The lowest BCUT2D eigenvalue weighted by molar-refractivity contribution is -0.141. The van der Waals surface area contributed by atoms with Crippen LogP contribution in [0.2, 0.25) is 0 Å². The van der Waals surface area contributed by atoms with Crippen molar-refractivity contribution in [2.75, 3.05) is 6.54 Å². The maximum absolute atomic E-state index is 12.5. The Kier molecular flexibility index (Phi) is 3.93. The molecule has 1 amide bonds. The van der Waals surface area contributed by atoms with E-state index in [1.807, 2.05) is 4.90 Å². The molecule has 0 heterocycles. The molecule has 2 rings (SSSR count). The minimum absolute atomic E-state index is 0.0505. The molecule has 2 aliphatic carbocycles. The standard InChI is InChI=1S/C14H23NO3/c1-9(2)8-15(12-5-6-12)13(16)10-3-4-11(7-10)14(17)18/h9-12H,3-8H2,1-2H3,(H,17,18)/t10-,11+/m1/s1. The van der Waals surface area contributed by atoms with Crippen molar-refractivity contribution in [3.8, 4) is 0 Å². The van der Waals surface area contributed by atoms with Crippen LogP contribution in [-0.2, 0) is 9.59 Å². The number of rotatable bonds is 5. The van der Waals surface area contributed by atoms with Gasteiger partial charge in [-0.15, -0.1) is 0 Å². The number of nitrogens with zero attached hydrogens (tertiary/aromatic N) is 1. The zero-order chi connectivity index (χ0) is 13.3. The number of carbonyl (C=O) groups is 2. The van der Waals surface area contributed by atoms with Crippen LogP contribution in [0.25, 0.3) is 0 Å². The predicted molar refractivity (Wildman–Crippen MR) is 68.0 cm³/mol. The lowest BCUT2D eigenvalue weighted by Crippen LogP contribution is -2.39. The van der Waals surface area contributed by atoms with Crippen LogP contribution in [0.5, 0.6) is 0 Å². The van der Waals surface area contributed by atoms with E-state index in [4.69, 9.17) is 5.11 Å². The molecule has 0 radical (unpaired) electrons. The minimum Gasteiger partial charge on any atom is -0.481 e. The maximum Gasteiger partial charge on any atom is 0.306 e. The molecule has 0 spiro atoms. The first kappa shape index (κ1) is 13.4. The molecular weight excluding hydrogens is 230 g/mol. The van der Waals surface area contributed by atoms with Gasteiger partial charge in [-0.3, -0.25) is 9.59 Å². The Morgan fingerprint density at radius 3 is 2.22 bits per heavy atom. The second kappa shape index (κ2) is 5.29. The Morgan fingerprint density at radius 1 is 1.17 bits per heavy atom. The SMILES string of the molecule is CC(C)CN(C(=O)[C@@H]1CC[C@H](C(=O)O)C1)C1CC1. The molecule has 18 heavy (non-hydrogen) atoms. The maximum atomic E-state index is 12.5. The van der Waals surface area contributed by atoms with E-state index in [-0.39, 0.29) is 17.7 Å². The highest BCUT2D eigenvalue weighted by molar-refractivity contribution is 5.81. The number of amides is 1.